The lowest BCUT2D eigenvalue weighted by atomic mass is 10.4. The maximum atomic E-state index is 3.89. The van der Waals surface area contributed by atoms with Gasteiger partial charge in [-0.2, -0.15) is 5.10 Å². The lowest BCUT2D eigenvalue weighted by molar-refractivity contribution is 0.901. The number of hydrogen-bond acceptors (Lipinski definition) is 2. The van der Waals surface area contributed by atoms with Crippen molar-refractivity contribution >= 4 is 5.71 Å². The van der Waals surface area contributed by atoms with Crippen LogP contribution in [0.25, 0.3) is 0 Å². The SMILES string of the molecule is C/C=C\C(C)=N/NC.CC. The fourth-order valence-corrected chi connectivity index (χ4v) is 0.455. The first-order valence-corrected chi connectivity index (χ1v) is 3.65. The zero-order valence-corrected chi connectivity index (χ0v) is 7.60. The molecule has 0 saturated carbocycles. The Kier molecular flexibility index (Phi) is 13.2. The summed E-state index contributed by atoms with van der Waals surface area (Å²) in [5.41, 5.74) is 3.68. The summed E-state index contributed by atoms with van der Waals surface area (Å²) in [6.07, 6.45) is 3.90. The van der Waals surface area contributed by atoms with Crippen LogP contribution in [0, 0.1) is 0 Å². The van der Waals surface area contributed by atoms with Crippen LogP contribution < -0.4 is 5.43 Å². The molecule has 0 aromatic heterocycles. The van der Waals surface area contributed by atoms with E-state index >= 15 is 0 Å². The van der Waals surface area contributed by atoms with Crippen LogP contribution in [-0.4, -0.2) is 12.8 Å². The summed E-state index contributed by atoms with van der Waals surface area (Å²) < 4.78 is 0. The number of nitrogens with zero attached hydrogens (tertiary/aromatic N) is 1. The van der Waals surface area contributed by atoms with E-state index in [2.05, 4.69) is 10.5 Å². The van der Waals surface area contributed by atoms with E-state index < -0.39 is 0 Å². The lowest BCUT2D eigenvalue weighted by Crippen LogP contribution is -1.98. The molecule has 0 fully saturated rings. The minimum atomic E-state index is 0.995. The van der Waals surface area contributed by atoms with Crippen LogP contribution in [0.3, 0.4) is 0 Å². The van der Waals surface area contributed by atoms with Crippen molar-refractivity contribution in [1.82, 2.24) is 5.43 Å². The number of allylic oxidation sites excluding steroid dienone is 2. The number of hydrogen-bond donors (Lipinski definition) is 1. The highest BCUT2D eigenvalue weighted by Gasteiger charge is 1.75. The second-order valence-corrected chi connectivity index (χ2v) is 1.48. The monoisotopic (exact) mass is 142 g/mol. The summed E-state index contributed by atoms with van der Waals surface area (Å²) in [7, 11) is 1.78. The maximum Gasteiger partial charge on any atom is 0.0568 e. The van der Waals surface area contributed by atoms with E-state index in [0.717, 1.165) is 5.71 Å². The van der Waals surface area contributed by atoms with Crippen LogP contribution in [-0.2, 0) is 0 Å². The van der Waals surface area contributed by atoms with Gasteiger partial charge in [-0.15, -0.1) is 0 Å². The van der Waals surface area contributed by atoms with Crippen LogP contribution in [0.4, 0.5) is 0 Å². The highest BCUT2D eigenvalue weighted by molar-refractivity contribution is 5.92. The van der Waals surface area contributed by atoms with Crippen molar-refractivity contribution in [3.8, 4) is 0 Å². The van der Waals surface area contributed by atoms with Gasteiger partial charge in [0.05, 0.1) is 5.71 Å². The average molecular weight is 142 g/mol. The molecule has 0 unspecified atom stereocenters. The number of rotatable bonds is 2. The van der Waals surface area contributed by atoms with Gasteiger partial charge < -0.3 is 5.43 Å². The van der Waals surface area contributed by atoms with Gasteiger partial charge in [0, 0.05) is 7.05 Å². The fraction of sp³-hybridized carbons (Fsp3) is 0.625. The van der Waals surface area contributed by atoms with Gasteiger partial charge >= 0.3 is 0 Å². The van der Waals surface area contributed by atoms with Crippen LogP contribution >= 0.6 is 0 Å². The van der Waals surface area contributed by atoms with Crippen molar-refractivity contribution in [2.75, 3.05) is 7.05 Å². The van der Waals surface area contributed by atoms with E-state index in [0.29, 0.717) is 0 Å². The predicted molar refractivity (Wildman–Crippen MR) is 48.3 cm³/mol. The third kappa shape index (κ3) is 10.2. The maximum absolute atomic E-state index is 3.89. The molecule has 0 aliphatic heterocycles. The van der Waals surface area contributed by atoms with Gasteiger partial charge in [-0.1, -0.05) is 19.9 Å². The molecular weight excluding hydrogens is 124 g/mol. The van der Waals surface area contributed by atoms with Crippen LogP contribution in [0.5, 0.6) is 0 Å². The smallest absolute Gasteiger partial charge is 0.0568 e. The first-order valence-electron chi connectivity index (χ1n) is 3.65. The van der Waals surface area contributed by atoms with E-state index in [9.17, 15) is 0 Å². The topological polar surface area (TPSA) is 24.4 Å². The third-order valence-electron chi connectivity index (χ3n) is 0.696. The Balaban J connectivity index is 0. The van der Waals surface area contributed by atoms with Gasteiger partial charge in [-0.05, 0) is 19.9 Å². The average Bonchev–Trinajstić information content (AvgIpc) is 1.93. The normalized spacial score (nSPS) is 10.7. The molecule has 0 radical (unpaired) electrons. The Hall–Kier alpha value is -0.790. The lowest BCUT2D eigenvalue weighted by Gasteiger charge is -1.87. The van der Waals surface area contributed by atoms with Gasteiger partial charge in [-0.25, -0.2) is 0 Å². The number of hydrazone groups is 1. The summed E-state index contributed by atoms with van der Waals surface area (Å²) in [6, 6.07) is 0. The Morgan fingerprint density at radius 3 is 2.20 bits per heavy atom. The molecule has 0 amide bonds. The Labute approximate surface area is 64.0 Å². The molecule has 0 spiro atoms. The van der Waals surface area contributed by atoms with Crippen molar-refractivity contribution in [3.63, 3.8) is 0 Å². The number of nitrogens with one attached hydrogen (secondary N) is 1. The van der Waals surface area contributed by atoms with Crippen molar-refractivity contribution < 1.29 is 0 Å². The van der Waals surface area contributed by atoms with Crippen molar-refractivity contribution in [3.05, 3.63) is 12.2 Å². The van der Waals surface area contributed by atoms with Crippen LogP contribution in [0.1, 0.15) is 27.7 Å². The Morgan fingerprint density at radius 2 is 1.90 bits per heavy atom. The van der Waals surface area contributed by atoms with Gasteiger partial charge in [0.25, 0.3) is 0 Å². The van der Waals surface area contributed by atoms with Crippen molar-refractivity contribution in [2.24, 2.45) is 5.10 Å². The van der Waals surface area contributed by atoms with Gasteiger partial charge in [0.15, 0.2) is 0 Å². The Morgan fingerprint density at radius 1 is 1.40 bits per heavy atom. The van der Waals surface area contributed by atoms with Crippen molar-refractivity contribution in [2.45, 2.75) is 27.7 Å². The molecule has 0 saturated heterocycles. The molecule has 0 aliphatic rings. The molecule has 0 rings (SSSR count). The molecule has 0 heterocycles. The molecule has 60 valence electrons. The highest BCUT2D eigenvalue weighted by atomic mass is 15.3. The predicted octanol–water partition coefficient (Wildman–Crippen LogP) is 2.18. The van der Waals surface area contributed by atoms with Gasteiger partial charge in [-0.3, -0.25) is 0 Å². The second-order valence-electron chi connectivity index (χ2n) is 1.48. The zero-order valence-electron chi connectivity index (χ0n) is 7.60. The molecule has 10 heavy (non-hydrogen) atoms. The molecule has 2 heteroatoms. The summed E-state index contributed by atoms with van der Waals surface area (Å²) in [6.45, 7) is 7.91. The largest absolute Gasteiger partial charge is 0.313 e. The summed E-state index contributed by atoms with van der Waals surface area (Å²) >= 11 is 0. The zero-order chi connectivity index (χ0) is 8.41. The summed E-state index contributed by atoms with van der Waals surface area (Å²) in [5.74, 6) is 0. The summed E-state index contributed by atoms with van der Waals surface area (Å²) in [5, 5.41) is 3.89. The standard InChI is InChI=1S/C6H12N2.C2H6/c1-4-5-6(2)8-7-3;1-2/h4-5,7H,1-3H3;1-2H3/b5-4-,8-6-;. The minimum Gasteiger partial charge on any atom is -0.313 e. The Bertz CT molecular complexity index is 104. The van der Waals surface area contributed by atoms with Gasteiger partial charge in [0.1, 0.15) is 0 Å². The van der Waals surface area contributed by atoms with Gasteiger partial charge in [0.2, 0.25) is 0 Å². The third-order valence-corrected chi connectivity index (χ3v) is 0.696. The first kappa shape index (κ1) is 11.9. The fourth-order valence-electron chi connectivity index (χ4n) is 0.455. The molecular formula is C8H18N2. The molecule has 0 aromatic carbocycles. The van der Waals surface area contributed by atoms with E-state index in [1.807, 2.05) is 39.8 Å². The quantitative estimate of drug-likeness (QED) is 0.464. The molecule has 0 aliphatic carbocycles. The highest BCUT2D eigenvalue weighted by Crippen LogP contribution is 1.75. The van der Waals surface area contributed by atoms with E-state index in [1.165, 1.54) is 0 Å². The first-order chi connectivity index (χ1) is 4.81. The van der Waals surface area contributed by atoms with E-state index in [4.69, 9.17) is 0 Å². The molecule has 0 atom stereocenters. The van der Waals surface area contributed by atoms with Crippen LogP contribution in [0.2, 0.25) is 0 Å². The van der Waals surface area contributed by atoms with Crippen LogP contribution in [0.15, 0.2) is 17.3 Å². The van der Waals surface area contributed by atoms with E-state index in [1.54, 1.807) is 7.05 Å². The second kappa shape index (κ2) is 11.1. The molecule has 0 bridgehead atoms. The van der Waals surface area contributed by atoms with E-state index in [-0.39, 0.29) is 0 Å². The minimum absolute atomic E-state index is 0.995. The molecule has 0 aromatic rings. The summed E-state index contributed by atoms with van der Waals surface area (Å²) in [4.78, 5) is 0. The molecule has 1 N–H and O–H groups in total. The van der Waals surface area contributed by atoms with Crippen molar-refractivity contribution in [1.29, 1.82) is 0 Å². The molecule has 2 nitrogen and oxygen atoms in total.